The Hall–Kier alpha value is -0.0700. The van der Waals surface area contributed by atoms with Crippen LogP contribution in [0.4, 0.5) is 0 Å². The summed E-state index contributed by atoms with van der Waals surface area (Å²) in [5.74, 6) is -0.554. The number of hydrogen-bond acceptors (Lipinski definition) is 7. The monoisotopic (exact) mass is 552 g/mol. The van der Waals surface area contributed by atoms with Gasteiger partial charge in [-0.05, 0) is 18.8 Å². The lowest BCUT2D eigenvalue weighted by Gasteiger charge is -2.29. The average molecular weight is 553 g/mol. The predicted octanol–water partition coefficient (Wildman–Crippen LogP) is 8.26. The van der Waals surface area contributed by atoms with Crippen LogP contribution in [0.15, 0.2) is 0 Å². The summed E-state index contributed by atoms with van der Waals surface area (Å²) >= 11 is 4.66. The van der Waals surface area contributed by atoms with Gasteiger partial charge in [-0.2, -0.15) is 0 Å². The van der Waals surface area contributed by atoms with E-state index >= 15 is 0 Å². The zero-order valence-electron chi connectivity index (χ0n) is 23.7. The molecule has 5 unspecified atom stereocenters. The van der Waals surface area contributed by atoms with Gasteiger partial charge in [0.1, 0.15) is 13.9 Å². The van der Waals surface area contributed by atoms with Crippen LogP contribution in [0, 0.1) is 5.92 Å². The highest BCUT2D eigenvalue weighted by Crippen LogP contribution is 2.30. The minimum Gasteiger partial charge on any atom is -0.465 e. The Bertz CT molecular complexity index is 538. The van der Waals surface area contributed by atoms with Gasteiger partial charge in [0.2, 0.25) is 0 Å². The van der Waals surface area contributed by atoms with Gasteiger partial charge in [0.25, 0.3) is 0 Å². The van der Waals surface area contributed by atoms with Gasteiger partial charge < -0.3 is 23.9 Å². The maximum atomic E-state index is 11.8. The lowest BCUT2D eigenvalue weighted by Crippen LogP contribution is -2.41. The Balaban J connectivity index is 4.67. The zero-order valence-corrected chi connectivity index (χ0v) is 25.7. The Morgan fingerprint density at radius 2 is 1.28 bits per heavy atom. The summed E-state index contributed by atoms with van der Waals surface area (Å²) in [7, 11) is -0.829. The fourth-order valence-electron chi connectivity index (χ4n) is 4.53. The predicted molar refractivity (Wildman–Crippen MR) is 154 cm³/mol. The first-order valence-electron chi connectivity index (χ1n) is 14.6. The van der Waals surface area contributed by atoms with Gasteiger partial charge >= 0.3 is 11.5 Å². The molecule has 0 spiro atoms. The van der Waals surface area contributed by atoms with Crippen molar-refractivity contribution in [2.45, 2.75) is 160 Å². The maximum absolute atomic E-state index is 11.8. The minimum atomic E-state index is -2.46. The number of unbranched alkanes of at least 4 members (excludes halogenated alkanes) is 13. The summed E-state index contributed by atoms with van der Waals surface area (Å²) in [5, 5.41) is 10.3. The molecule has 0 aliphatic heterocycles. The van der Waals surface area contributed by atoms with Crippen LogP contribution < -0.4 is 0 Å². The molecule has 0 rings (SSSR count). The first kappa shape index (κ1) is 35.9. The number of methoxy groups -OCH3 is 1. The van der Waals surface area contributed by atoms with E-state index in [0.717, 1.165) is 13.5 Å². The maximum Gasteiger partial charge on any atom is 0.374 e. The molecule has 6 nitrogen and oxygen atoms in total. The highest BCUT2D eigenvalue weighted by Gasteiger charge is 2.40. The second kappa shape index (κ2) is 24.0. The van der Waals surface area contributed by atoms with Crippen molar-refractivity contribution in [3.63, 3.8) is 0 Å². The average Bonchev–Trinajstić information content (AvgIpc) is 2.88. The van der Waals surface area contributed by atoms with Crippen LogP contribution >= 0.6 is 21.1 Å². The van der Waals surface area contributed by atoms with Gasteiger partial charge in [-0.15, -0.1) is 12.6 Å². The van der Waals surface area contributed by atoms with E-state index in [-0.39, 0.29) is 5.44 Å². The van der Waals surface area contributed by atoms with Gasteiger partial charge in [-0.1, -0.05) is 130 Å². The van der Waals surface area contributed by atoms with Crippen LogP contribution in [0.25, 0.3) is 0 Å². The second-order valence-corrected chi connectivity index (χ2v) is 11.7. The summed E-state index contributed by atoms with van der Waals surface area (Å²) < 4.78 is 27.3. The van der Waals surface area contributed by atoms with Crippen molar-refractivity contribution < 1.29 is 28.7 Å². The van der Waals surface area contributed by atoms with Crippen molar-refractivity contribution in [1.82, 2.24) is 0 Å². The SMILES string of the molecule is CCCCCCCCCCC(CCCCCCCCC)CC(S)OC(CC)OC(O)([PH2]=O)C(=O)OC. The van der Waals surface area contributed by atoms with E-state index in [1.165, 1.54) is 109 Å². The molecule has 0 amide bonds. The fraction of sp³-hybridized carbons (Fsp3) is 0.964. The molecule has 0 bridgehead atoms. The number of carbonyl (C=O) groups is 1. The summed E-state index contributed by atoms with van der Waals surface area (Å²) in [6, 6.07) is 0. The Morgan fingerprint density at radius 3 is 1.67 bits per heavy atom. The fourth-order valence-corrected chi connectivity index (χ4v) is 5.39. The molecular formula is C28H57O6PS. The molecule has 0 fully saturated rings. The second-order valence-electron chi connectivity index (χ2n) is 10.1. The third-order valence-electron chi connectivity index (χ3n) is 6.81. The summed E-state index contributed by atoms with van der Waals surface area (Å²) in [6.07, 6.45) is 22.2. The summed E-state index contributed by atoms with van der Waals surface area (Å²) in [6.45, 7) is 6.32. The van der Waals surface area contributed by atoms with E-state index in [9.17, 15) is 14.5 Å². The smallest absolute Gasteiger partial charge is 0.374 e. The molecule has 0 aromatic carbocycles. The highest BCUT2D eigenvalue weighted by atomic mass is 32.1. The standard InChI is InChI=1S/C28H57O6PS/c1-5-8-10-12-14-16-18-20-22-24(21-19-17-15-13-11-9-6-2)23-26(36)33-25(7-3)34-28(30,35-31)27(29)32-4/h24-26,30,36H,5-23,35H2,1-4H3. The zero-order chi connectivity index (χ0) is 27.1. The molecule has 0 aromatic heterocycles. The number of rotatable bonds is 26. The number of aliphatic hydroxyl groups is 1. The van der Waals surface area contributed by atoms with Gasteiger partial charge in [0.05, 0.1) is 7.11 Å². The number of thiol groups is 1. The normalized spacial score (nSPS) is 16.2. The molecule has 5 atom stereocenters. The van der Waals surface area contributed by atoms with Crippen LogP contribution in [0.3, 0.4) is 0 Å². The Kier molecular flexibility index (Phi) is 24.0. The lowest BCUT2D eigenvalue weighted by molar-refractivity contribution is -0.257. The molecule has 1 N–H and O–H groups in total. The van der Waals surface area contributed by atoms with Crippen molar-refractivity contribution in [1.29, 1.82) is 0 Å². The van der Waals surface area contributed by atoms with E-state index in [1.54, 1.807) is 0 Å². The molecule has 36 heavy (non-hydrogen) atoms. The number of esters is 1. The largest absolute Gasteiger partial charge is 0.465 e. The highest BCUT2D eigenvalue weighted by molar-refractivity contribution is 7.80. The first-order chi connectivity index (χ1) is 17.4. The summed E-state index contributed by atoms with van der Waals surface area (Å²) in [5.41, 5.74) is -2.85. The number of ether oxygens (including phenoxy) is 3. The van der Waals surface area contributed by atoms with Gasteiger partial charge in [0, 0.05) is 0 Å². The van der Waals surface area contributed by atoms with Crippen molar-refractivity contribution >= 4 is 27.1 Å². The Labute approximate surface area is 228 Å². The number of hydrogen-bond donors (Lipinski definition) is 2. The molecule has 0 saturated heterocycles. The molecule has 0 heterocycles. The van der Waals surface area contributed by atoms with Crippen molar-refractivity contribution in [3.05, 3.63) is 0 Å². The van der Waals surface area contributed by atoms with Crippen molar-refractivity contribution in [2.75, 3.05) is 7.11 Å². The number of carbonyl (C=O) groups excluding carboxylic acids is 1. The van der Waals surface area contributed by atoms with E-state index in [2.05, 4.69) is 31.2 Å². The minimum absolute atomic E-state index is 0.385. The molecule has 8 heteroatoms. The summed E-state index contributed by atoms with van der Waals surface area (Å²) in [4.78, 5) is 11.8. The molecule has 0 aromatic rings. The lowest BCUT2D eigenvalue weighted by atomic mass is 9.91. The quantitative estimate of drug-likeness (QED) is 0.0369. The van der Waals surface area contributed by atoms with Gasteiger partial charge in [-0.25, -0.2) is 4.79 Å². The Morgan fingerprint density at radius 1 is 0.833 bits per heavy atom. The van der Waals surface area contributed by atoms with E-state index in [0.29, 0.717) is 12.3 Å². The van der Waals surface area contributed by atoms with Crippen LogP contribution in [0.2, 0.25) is 0 Å². The van der Waals surface area contributed by atoms with E-state index in [4.69, 9.17) is 9.47 Å². The van der Waals surface area contributed by atoms with Crippen LogP contribution in [0.5, 0.6) is 0 Å². The topological polar surface area (TPSA) is 82.1 Å². The molecule has 0 saturated carbocycles. The first-order valence-corrected chi connectivity index (χ1v) is 16.2. The third-order valence-corrected chi connectivity index (χ3v) is 7.83. The van der Waals surface area contributed by atoms with E-state index in [1.807, 2.05) is 6.92 Å². The molecule has 0 radical (unpaired) electrons. The molecule has 216 valence electrons. The van der Waals surface area contributed by atoms with Crippen molar-refractivity contribution in [3.8, 4) is 0 Å². The molecule has 0 aliphatic rings. The van der Waals surface area contributed by atoms with Crippen LogP contribution in [0.1, 0.15) is 143 Å². The third kappa shape index (κ3) is 18.2. The van der Waals surface area contributed by atoms with Gasteiger partial charge in [0.15, 0.2) is 6.29 Å². The van der Waals surface area contributed by atoms with E-state index < -0.39 is 26.2 Å². The molecule has 0 aliphatic carbocycles. The van der Waals surface area contributed by atoms with Crippen LogP contribution in [-0.2, 0) is 23.6 Å². The van der Waals surface area contributed by atoms with Crippen molar-refractivity contribution in [2.24, 2.45) is 5.92 Å². The van der Waals surface area contributed by atoms with Crippen LogP contribution in [-0.4, -0.2) is 35.4 Å². The molecular weight excluding hydrogens is 495 g/mol. The van der Waals surface area contributed by atoms with Gasteiger partial charge in [-0.3, -0.25) is 0 Å².